The van der Waals surface area contributed by atoms with Crippen molar-refractivity contribution in [3.05, 3.63) is 47.5 Å². The number of likely N-dealkylation sites (N-methyl/N-ethyl adjacent to an activating group) is 2. The van der Waals surface area contributed by atoms with Gasteiger partial charge in [-0.15, -0.1) is 0 Å². The molecule has 0 aliphatic carbocycles. The Balaban J connectivity index is -0.000000205. The van der Waals surface area contributed by atoms with Crippen molar-refractivity contribution < 1.29 is 80.4 Å². The molecule has 0 heterocycles. The van der Waals surface area contributed by atoms with Crippen LogP contribution in [0.3, 0.4) is 0 Å². The summed E-state index contributed by atoms with van der Waals surface area (Å²) < 4.78 is 144. The molecule has 53 heavy (non-hydrogen) atoms. The van der Waals surface area contributed by atoms with Gasteiger partial charge in [-0.2, -0.15) is 25.3 Å². The molecule has 0 amide bonds. The van der Waals surface area contributed by atoms with Crippen molar-refractivity contribution in [3.63, 3.8) is 0 Å². The monoisotopic (exact) mass is 872 g/mol. The second kappa shape index (κ2) is 26.7. The molecule has 0 aliphatic heterocycles. The summed E-state index contributed by atoms with van der Waals surface area (Å²) in [6.45, 7) is 11.4. The summed E-state index contributed by atoms with van der Waals surface area (Å²) in [5.74, 6) is 0. The topological polar surface area (TPSA) is 438 Å². The van der Waals surface area contributed by atoms with Gasteiger partial charge in [-0.25, -0.2) is 26.3 Å². The van der Waals surface area contributed by atoms with Crippen molar-refractivity contribution >= 4 is 74.0 Å². The van der Waals surface area contributed by atoms with Crippen LogP contribution in [0.1, 0.15) is 25.0 Å². The number of hydrogen-bond donors (Lipinski definition) is 10. The summed E-state index contributed by atoms with van der Waals surface area (Å²) in [6.07, 6.45) is 2.31. The number of para-hydroxylation sites is 2. The molecule has 0 fully saturated rings. The first-order chi connectivity index (χ1) is 22.7. The fourth-order valence-electron chi connectivity index (χ4n) is 3.51. The number of nitrogens with two attached hydrogens (primary N) is 2. The normalized spacial score (nSPS) is 11.1. The van der Waals surface area contributed by atoms with E-state index in [-0.39, 0.29) is 11.0 Å². The Bertz CT molecular complexity index is 1710. The zero-order chi connectivity index (χ0) is 41.0. The fraction of sp³-hybridized carbons (Fsp3) is 0.500. The summed E-state index contributed by atoms with van der Waals surface area (Å²) in [5, 5.41) is 0. The number of nitrogen functional groups attached to an aromatic ring is 2. The van der Waals surface area contributed by atoms with E-state index in [9.17, 15) is 16.8 Å². The zero-order valence-electron chi connectivity index (χ0n) is 29.6. The average molecular weight is 873 g/mol. The van der Waals surface area contributed by atoms with Gasteiger partial charge >= 0.3 is 31.2 Å². The van der Waals surface area contributed by atoms with Crippen molar-refractivity contribution in [2.24, 2.45) is 0 Å². The van der Waals surface area contributed by atoms with E-state index in [2.05, 4.69) is 19.2 Å². The Labute approximate surface area is 311 Å². The van der Waals surface area contributed by atoms with E-state index in [0.717, 1.165) is 59.5 Å². The highest BCUT2D eigenvalue weighted by Crippen LogP contribution is 2.26. The van der Waals surface area contributed by atoms with E-state index in [1.165, 1.54) is 0 Å². The summed E-state index contributed by atoms with van der Waals surface area (Å²) in [6, 6.07) is 11.7. The van der Waals surface area contributed by atoms with Crippen LogP contribution < -0.4 is 30.7 Å². The van der Waals surface area contributed by atoms with Crippen LogP contribution in [0.5, 0.6) is 0 Å². The molecule has 0 atom stereocenters. The van der Waals surface area contributed by atoms with Gasteiger partial charge in [0.25, 0.3) is 0 Å². The van der Waals surface area contributed by atoms with E-state index in [4.69, 9.17) is 64.0 Å². The van der Waals surface area contributed by atoms with Gasteiger partial charge in [-0.3, -0.25) is 27.3 Å². The number of sulfonamides is 2. The van der Waals surface area contributed by atoms with E-state index >= 15 is 0 Å². The third-order valence-electron chi connectivity index (χ3n) is 5.54. The Kier molecular flexibility index (Phi) is 29.9. The largest absolute Gasteiger partial charge is 0.412 e. The number of anilines is 4. The van der Waals surface area contributed by atoms with Gasteiger partial charge in [0.2, 0.25) is 20.0 Å². The van der Waals surface area contributed by atoms with Gasteiger partial charge in [0.05, 0.1) is 35.3 Å². The van der Waals surface area contributed by atoms with Gasteiger partial charge < -0.3 is 32.2 Å². The van der Waals surface area contributed by atoms with Crippen molar-refractivity contribution in [1.29, 1.82) is 0 Å². The molecule has 2 aromatic rings. The summed E-state index contributed by atoms with van der Waals surface area (Å²) in [7, 11) is -20.3. The van der Waals surface area contributed by atoms with Crippen molar-refractivity contribution in [2.75, 3.05) is 73.0 Å². The van der Waals surface area contributed by atoms with Crippen molar-refractivity contribution in [2.45, 2.75) is 27.7 Å². The Hall–Kier alpha value is -3.01. The average Bonchev–Trinajstić information content (AvgIpc) is 2.89. The number of nitrogens with one attached hydrogen (secondary N) is 2. The van der Waals surface area contributed by atoms with Crippen LogP contribution in [-0.2, 0) is 51.2 Å². The fourth-order valence-corrected chi connectivity index (χ4v) is 4.44. The minimum Gasteiger partial charge on any atom is -0.412 e. The van der Waals surface area contributed by atoms with Gasteiger partial charge in [0.1, 0.15) is 0 Å². The molecule has 0 bridgehead atoms. The summed E-state index contributed by atoms with van der Waals surface area (Å²) >= 11 is 0. The van der Waals surface area contributed by atoms with Crippen molar-refractivity contribution in [1.82, 2.24) is 9.44 Å². The third-order valence-corrected chi connectivity index (χ3v) is 7.00. The number of rotatable bonds is 12. The molecular formula is C24H52N6O18S5. The molecule has 0 spiro atoms. The lowest BCUT2D eigenvalue weighted by Gasteiger charge is -2.25. The molecule has 316 valence electrons. The van der Waals surface area contributed by atoms with Gasteiger partial charge in [0.15, 0.2) is 0 Å². The molecule has 2 rings (SSSR count). The van der Waals surface area contributed by atoms with Crippen molar-refractivity contribution in [3.8, 4) is 0 Å². The van der Waals surface area contributed by atoms with Crippen LogP contribution >= 0.6 is 0 Å². The van der Waals surface area contributed by atoms with E-state index < -0.39 is 51.2 Å². The van der Waals surface area contributed by atoms with Gasteiger partial charge in [0, 0.05) is 39.3 Å². The predicted octanol–water partition coefficient (Wildman–Crippen LogP) is -1.70. The lowest BCUT2D eigenvalue weighted by Crippen LogP contribution is -2.34. The zero-order valence-corrected chi connectivity index (χ0v) is 33.6. The van der Waals surface area contributed by atoms with Crippen LogP contribution in [0.4, 0.5) is 22.7 Å². The third kappa shape index (κ3) is 41.6. The van der Waals surface area contributed by atoms with Crippen LogP contribution in [0.25, 0.3) is 0 Å². The van der Waals surface area contributed by atoms with Crippen LogP contribution in [0, 0.1) is 13.8 Å². The molecule has 0 aromatic heterocycles. The molecule has 24 nitrogen and oxygen atoms in total. The standard InChI is InChI=1S/2C12H21N3O2S.3H2O4S.2H2O/c2*1-4-15(9-8-14-18(3,16)17)11-7-5-6-10(2)12(11)13;3*1-5(2,3)4;;/h2*5-7,14H,4,8-9,13H2,1-3H3;3*(H2,1,2,3,4);2*1H2. The molecular weight excluding hydrogens is 821 g/mol. The quantitative estimate of drug-likeness (QED) is 0.0839. The maximum atomic E-state index is 11.0. The number of benzene rings is 2. The minimum atomic E-state index is -4.67. The lowest BCUT2D eigenvalue weighted by atomic mass is 10.1. The number of hydrogen-bond acceptors (Lipinski definition) is 14. The molecule has 29 heteroatoms. The first-order valence-corrected chi connectivity index (χ1v) is 21.9. The predicted molar refractivity (Wildman–Crippen MR) is 202 cm³/mol. The molecule has 0 aliphatic rings. The maximum Gasteiger partial charge on any atom is 0.394 e. The Morgan fingerprint density at radius 3 is 0.962 bits per heavy atom. The highest BCUT2D eigenvalue weighted by molar-refractivity contribution is 7.89. The highest BCUT2D eigenvalue weighted by atomic mass is 32.3. The summed E-state index contributed by atoms with van der Waals surface area (Å²) in [4.78, 5) is 4.11. The van der Waals surface area contributed by atoms with Gasteiger partial charge in [-0.1, -0.05) is 24.3 Å². The van der Waals surface area contributed by atoms with Crippen LogP contribution in [0.15, 0.2) is 36.4 Å². The van der Waals surface area contributed by atoms with E-state index in [1.807, 2.05) is 64.1 Å². The number of aryl methyl sites for hydroxylation is 2. The molecule has 0 unspecified atom stereocenters. The molecule has 16 N–H and O–H groups in total. The minimum absolute atomic E-state index is 0. The van der Waals surface area contributed by atoms with E-state index in [1.54, 1.807) is 0 Å². The van der Waals surface area contributed by atoms with E-state index in [0.29, 0.717) is 26.2 Å². The lowest BCUT2D eigenvalue weighted by molar-refractivity contribution is 0.378. The highest BCUT2D eigenvalue weighted by Gasteiger charge is 2.11. The summed E-state index contributed by atoms with van der Waals surface area (Å²) in [5.41, 5.74) is 17.5. The molecule has 0 radical (unpaired) electrons. The molecule has 2 aromatic carbocycles. The first kappa shape index (κ1) is 59.3. The Morgan fingerprint density at radius 1 is 0.547 bits per heavy atom. The molecule has 0 saturated carbocycles. The smallest absolute Gasteiger partial charge is 0.394 e. The molecule has 0 saturated heterocycles. The Morgan fingerprint density at radius 2 is 0.774 bits per heavy atom. The maximum absolute atomic E-state index is 11.0. The van der Waals surface area contributed by atoms with Crippen LogP contribution in [0.2, 0.25) is 0 Å². The van der Waals surface area contributed by atoms with Crippen LogP contribution in [-0.4, -0.2) is 132 Å². The second-order valence-corrected chi connectivity index (χ2v) is 16.2. The second-order valence-electron chi connectivity index (χ2n) is 9.85. The SMILES string of the molecule is CCN(CCNS(C)(=O)=O)c1cccc(C)c1N.CCN(CCNS(C)(=O)=O)c1cccc(C)c1N.O.O.O=S(=O)(O)O.O=S(=O)(O)O.O=S(=O)(O)O. The number of nitrogens with zero attached hydrogens (tertiary/aromatic N) is 2. The first-order valence-electron chi connectivity index (χ1n) is 13.9. The van der Waals surface area contributed by atoms with Gasteiger partial charge in [-0.05, 0) is 51.0 Å².